The third-order valence-electron chi connectivity index (χ3n) is 3.25. The van der Waals surface area contributed by atoms with Crippen molar-refractivity contribution in [3.8, 4) is 11.5 Å². The van der Waals surface area contributed by atoms with Crippen molar-refractivity contribution in [3.05, 3.63) is 24.3 Å². The first kappa shape index (κ1) is 13.7. The van der Waals surface area contributed by atoms with E-state index in [1.54, 1.807) is 23.1 Å². The first-order chi connectivity index (χ1) is 9.04. The zero-order valence-corrected chi connectivity index (χ0v) is 11.0. The molecule has 1 amide bonds. The quantitative estimate of drug-likeness (QED) is 0.837. The molecule has 104 valence electrons. The molecule has 0 aliphatic carbocycles. The largest absolute Gasteiger partial charge is 0.504 e. The van der Waals surface area contributed by atoms with Crippen molar-refractivity contribution in [2.45, 2.75) is 25.4 Å². The highest BCUT2D eigenvalue weighted by atomic mass is 16.5. The van der Waals surface area contributed by atoms with Crippen molar-refractivity contribution in [1.29, 1.82) is 0 Å². The summed E-state index contributed by atoms with van der Waals surface area (Å²) in [7, 11) is 0. The number of benzene rings is 1. The van der Waals surface area contributed by atoms with Gasteiger partial charge < -0.3 is 19.8 Å². The average Bonchev–Trinajstić information content (AvgIpc) is 2.35. The lowest BCUT2D eigenvalue weighted by atomic mass is 9.89. The molecular formula is C14H19NO4. The van der Waals surface area contributed by atoms with Crippen molar-refractivity contribution in [1.82, 2.24) is 4.90 Å². The lowest BCUT2D eigenvalue weighted by Crippen LogP contribution is -2.64. The van der Waals surface area contributed by atoms with E-state index in [0.717, 1.165) is 6.42 Å². The van der Waals surface area contributed by atoms with Crippen molar-refractivity contribution >= 4 is 5.91 Å². The van der Waals surface area contributed by atoms with Crippen LogP contribution in [0.15, 0.2) is 24.3 Å². The normalized spacial score (nSPS) is 16.8. The fourth-order valence-electron chi connectivity index (χ4n) is 2.27. The van der Waals surface area contributed by atoms with Gasteiger partial charge in [-0.25, -0.2) is 0 Å². The lowest BCUT2D eigenvalue weighted by molar-refractivity contribution is -0.158. The predicted octanol–water partition coefficient (Wildman–Crippen LogP) is 1.14. The number of carbonyl (C=O) groups is 1. The third-order valence-corrected chi connectivity index (χ3v) is 3.25. The molecule has 0 aromatic heterocycles. The van der Waals surface area contributed by atoms with Gasteiger partial charge in [-0.3, -0.25) is 4.79 Å². The van der Waals surface area contributed by atoms with Crippen LogP contribution in [-0.2, 0) is 4.79 Å². The molecule has 0 bridgehead atoms. The number of aromatic hydroxyl groups is 1. The average molecular weight is 265 g/mol. The molecule has 0 unspecified atom stereocenters. The molecule has 5 heteroatoms. The van der Waals surface area contributed by atoms with Crippen LogP contribution in [0.25, 0.3) is 0 Å². The van der Waals surface area contributed by atoms with Gasteiger partial charge in [0.1, 0.15) is 0 Å². The fourth-order valence-corrected chi connectivity index (χ4v) is 2.27. The van der Waals surface area contributed by atoms with Crippen LogP contribution >= 0.6 is 0 Å². The van der Waals surface area contributed by atoms with E-state index in [2.05, 4.69) is 0 Å². The summed E-state index contributed by atoms with van der Waals surface area (Å²) in [6.45, 7) is 2.61. The van der Waals surface area contributed by atoms with Crippen LogP contribution in [0.3, 0.4) is 0 Å². The Morgan fingerprint density at radius 2 is 2.11 bits per heavy atom. The molecule has 1 saturated heterocycles. The number of aliphatic hydroxyl groups is 1. The maximum absolute atomic E-state index is 11.8. The Labute approximate surface area is 112 Å². The van der Waals surface area contributed by atoms with Crippen LogP contribution < -0.4 is 4.74 Å². The molecule has 19 heavy (non-hydrogen) atoms. The van der Waals surface area contributed by atoms with E-state index in [1.807, 2.05) is 6.92 Å². The number of likely N-dealkylation sites (tertiary alicyclic amines) is 1. The van der Waals surface area contributed by atoms with Crippen LogP contribution in [0, 0.1) is 0 Å². The van der Waals surface area contributed by atoms with Gasteiger partial charge in [-0.05, 0) is 18.6 Å². The van der Waals surface area contributed by atoms with Crippen LogP contribution in [0.5, 0.6) is 11.5 Å². The second-order valence-corrected chi connectivity index (χ2v) is 4.98. The van der Waals surface area contributed by atoms with Gasteiger partial charge in [0.25, 0.3) is 5.91 Å². The minimum Gasteiger partial charge on any atom is -0.504 e. The molecule has 1 heterocycles. The summed E-state index contributed by atoms with van der Waals surface area (Å²) >= 11 is 0. The Balaban J connectivity index is 1.79. The molecule has 2 N–H and O–H groups in total. The number of phenolic OH excluding ortho intramolecular Hbond substituents is 1. The Morgan fingerprint density at radius 3 is 2.74 bits per heavy atom. The lowest BCUT2D eigenvalue weighted by Gasteiger charge is -2.46. The summed E-state index contributed by atoms with van der Waals surface area (Å²) in [6, 6.07) is 6.52. The first-order valence-corrected chi connectivity index (χ1v) is 6.45. The highest BCUT2D eigenvalue weighted by Gasteiger charge is 2.42. The first-order valence-electron chi connectivity index (χ1n) is 6.45. The van der Waals surface area contributed by atoms with Crippen LogP contribution in [-0.4, -0.2) is 46.3 Å². The molecule has 0 radical (unpaired) electrons. The number of phenols is 1. The van der Waals surface area contributed by atoms with E-state index in [1.165, 1.54) is 6.07 Å². The summed E-state index contributed by atoms with van der Waals surface area (Å²) in [4.78, 5) is 13.4. The van der Waals surface area contributed by atoms with Gasteiger partial charge in [0.05, 0.1) is 18.7 Å². The Morgan fingerprint density at radius 1 is 1.42 bits per heavy atom. The Kier molecular flexibility index (Phi) is 3.95. The van der Waals surface area contributed by atoms with Crippen LogP contribution in [0.1, 0.15) is 19.8 Å². The van der Waals surface area contributed by atoms with E-state index in [0.29, 0.717) is 25.3 Å². The topological polar surface area (TPSA) is 70.0 Å². The molecule has 1 aromatic carbocycles. The number of hydrogen-bond acceptors (Lipinski definition) is 4. The van der Waals surface area contributed by atoms with Gasteiger partial charge in [-0.15, -0.1) is 0 Å². The molecular weight excluding hydrogens is 246 g/mol. The maximum atomic E-state index is 11.8. The second-order valence-electron chi connectivity index (χ2n) is 4.98. The van der Waals surface area contributed by atoms with Gasteiger partial charge in [0, 0.05) is 0 Å². The summed E-state index contributed by atoms with van der Waals surface area (Å²) in [5.41, 5.74) is -0.723. The highest BCUT2D eigenvalue weighted by Crippen LogP contribution is 2.27. The summed E-state index contributed by atoms with van der Waals surface area (Å²) in [5.74, 6) is 0.130. The minimum absolute atomic E-state index is 0.0152. The molecule has 0 atom stereocenters. The zero-order valence-electron chi connectivity index (χ0n) is 11.0. The second kappa shape index (κ2) is 5.48. The van der Waals surface area contributed by atoms with Crippen LogP contribution in [0.2, 0.25) is 0 Å². The molecule has 0 saturated carbocycles. The predicted molar refractivity (Wildman–Crippen MR) is 70.0 cm³/mol. The molecule has 1 aromatic rings. The van der Waals surface area contributed by atoms with Crippen molar-refractivity contribution < 1.29 is 19.7 Å². The third kappa shape index (κ3) is 3.17. The minimum atomic E-state index is -0.723. The highest BCUT2D eigenvalue weighted by molar-refractivity contribution is 5.79. The van der Waals surface area contributed by atoms with E-state index < -0.39 is 5.60 Å². The van der Waals surface area contributed by atoms with Gasteiger partial charge in [-0.2, -0.15) is 0 Å². The SMILES string of the molecule is CCCC1(O)CN(C(=O)COc2ccccc2O)C1. The monoisotopic (exact) mass is 265 g/mol. The Hall–Kier alpha value is -1.75. The standard InChI is InChI=1S/C14H19NO4/c1-2-7-14(18)9-15(10-14)13(17)8-19-12-6-4-3-5-11(12)16/h3-6,16,18H,2,7-10H2,1H3. The smallest absolute Gasteiger partial charge is 0.260 e. The molecule has 1 fully saturated rings. The molecule has 5 nitrogen and oxygen atoms in total. The number of hydrogen-bond donors (Lipinski definition) is 2. The van der Waals surface area contributed by atoms with Gasteiger partial charge in [-0.1, -0.05) is 25.5 Å². The Bertz CT molecular complexity index is 455. The molecule has 1 aliphatic rings. The van der Waals surface area contributed by atoms with E-state index >= 15 is 0 Å². The van der Waals surface area contributed by atoms with Crippen molar-refractivity contribution in [2.24, 2.45) is 0 Å². The fraction of sp³-hybridized carbons (Fsp3) is 0.500. The zero-order chi connectivity index (χ0) is 13.9. The van der Waals surface area contributed by atoms with Gasteiger partial charge in [0.15, 0.2) is 18.1 Å². The molecule has 1 aliphatic heterocycles. The summed E-state index contributed by atoms with van der Waals surface area (Å²) in [5, 5.41) is 19.5. The number of para-hydroxylation sites is 2. The number of carbonyl (C=O) groups excluding carboxylic acids is 1. The number of ether oxygens (including phenoxy) is 1. The van der Waals surface area contributed by atoms with E-state index in [4.69, 9.17) is 4.74 Å². The van der Waals surface area contributed by atoms with E-state index in [-0.39, 0.29) is 18.3 Å². The molecule has 2 rings (SSSR count). The van der Waals surface area contributed by atoms with Gasteiger partial charge >= 0.3 is 0 Å². The van der Waals surface area contributed by atoms with Crippen molar-refractivity contribution in [3.63, 3.8) is 0 Å². The maximum Gasteiger partial charge on any atom is 0.260 e. The summed E-state index contributed by atoms with van der Waals surface area (Å²) in [6.07, 6.45) is 1.60. The number of amides is 1. The van der Waals surface area contributed by atoms with Gasteiger partial charge in [0.2, 0.25) is 0 Å². The van der Waals surface area contributed by atoms with Crippen molar-refractivity contribution in [2.75, 3.05) is 19.7 Å². The number of rotatable bonds is 5. The number of β-amino-alcohol motifs (C(OH)–C–C–N with tert-alkyl or cyclic N) is 1. The summed E-state index contributed by atoms with van der Waals surface area (Å²) < 4.78 is 5.26. The van der Waals surface area contributed by atoms with E-state index in [9.17, 15) is 15.0 Å². The molecule has 0 spiro atoms. The number of nitrogens with zero attached hydrogens (tertiary/aromatic N) is 1. The van der Waals surface area contributed by atoms with Crippen LogP contribution in [0.4, 0.5) is 0 Å².